The van der Waals surface area contributed by atoms with Crippen LogP contribution >= 0.6 is 11.6 Å². The molecule has 1 aromatic rings. The smallest absolute Gasteiger partial charge is 0.147 e. The molecule has 2 nitrogen and oxygen atoms in total. The van der Waals surface area contributed by atoms with Crippen molar-refractivity contribution in [1.82, 2.24) is 0 Å². The number of nitrogens with zero attached hydrogens (tertiary/aromatic N) is 1. The number of hydrogen-bond donors (Lipinski definition) is 0. The van der Waals surface area contributed by atoms with Gasteiger partial charge in [0, 0.05) is 29.0 Å². The lowest BCUT2D eigenvalue weighted by Gasteiger charge is -2.14. The van der Waals surface area contributed by atoms with Crippen molar-refractivity contribution in [3.8, 4) is 0 Å². The molecule has 3 heteroatoms. The minimum Gasteiger partial charge on any atom is -0.347 e. The molecule has 2 rings (SSSR count). The second-order valence-electron chi connectivity index (χ2n) is 3.24. The Kier molecular flexibility index (Phi) is 2.55. The van der Waals surface area contributed by atoms with E-state index in [0.717, 1.165) is 35.5 Å². The summed E-state index contributed by atoms with van der Waals surface area (Å²) in [4.78, 5) is 12.6. The van der Waals surface area contributed by atoms with Gasteiger partial charge in [0.15, 0.2) is 0 Å². The molecule has 0 radical (unpaired) electrons. The summed E-state index contributed by atoms with van der Waals surface area (Å²) in [5.41, 5.74) is 1.92. The first-order chi connectivity index (χ1) is 6.79. The Hall–Kier alpha value is -1.28. The van der Waals surface area contributed by atoms with E-state index < -0.39 is 0 Å². The molecule has 0 spiro atoms. The largest absolute Gasteiger partial charge is 0.347 e. The van der Waals surface area contributed by atoms with E-state index >= 15 is 0 Å². The number of aldehydes is 1. The maximum absolute atomic E-state index is 10.5. The van der Waals surface area contributed by atoms with Crippen LogP contribution in [0.4, 0.5) is 5.69 Å². The summed E-state index contributed by atoms with van der Waals surface area (Å²) < 4.78 is 0. The van der Waals surface area contributed by atoms with E-state index in [0.29, 0.717) is 0 Å². The maximum atomic E-state index is 10.5. The van der Waals surface area contributed by atoms with E-state index in [-0.39, 0.29) is 0 Å². The summed E-state index contributed by atoms with van der Waals surface area (Å²) >= 11 is 5.78. The highest BCUT2D eigenvalue weighted by atomic mass is 35.5. The highest BCUT2D eigenvalue weighted by molar-refractivity contribution is 6.30. The number of halogens is 1. The first kappa shape index (κ1) is 9.28. The lowest BCUT2D eigenvalue weighted by atomic mass is 10.3. The molecule has 0 amide bonds. The highest BCUT2D eigenvalue weighted by Gasteiger charge is 2.12. The predicted molar refractivity (Wildman–Crippen MR) is 57.6 cm³/mol. The van der Waals surface area contributed by atoms with Gasteiger partial charge in [-0.1, -0.05) is 11.6 Å². The Balaban J connectivity index is 2.21. The first-order valence-electron chi connectivity index (χ1n) is 4.47. The molecule has 0 atom stereocenters. The SMILES string of the molecule is O=CC1=CN(c2ccc(Cl)cc2)CC1. The summed E-state index contributed by atoms with van der Waals surface area (Å²) in [5, 5.41) is 0.729. The molecule has 0 N–H and O–H groups in total. The van der Waals surface area contributed by atoms with E-state index in [2.05, 4.69) is 4.90 Å². The molecule has 0 bridgehead atoms. The molecule has 1 aromatic carbocycles. The van der Waals surface area contributed by atoms with Crippen molar-refractivity contribution < 1.29 is 4.79 Å². The van der Waals surface area contributed by atoms with Crippen molar-refractivity contribution in [2.24, 2.45) is 0 Å². The lowest BCUT2D eigenvalue weighted by Crippen LogP contribution is -2.11. The van der Waals surface area contributed by atoms with Gasteiger partial charge < -0.3 is 4.90 Å². The summed E-state index contributed by atoms with van der Waals surface area (Å²) in [7, 11) is 0. The molecular formula is C11H10ClNO. The van der Waals surface area contributed by atoms with E-state index in [1.165, 1.54) is 0 Å². The molecule has 72 valence electrons. The van der Waals surface area contributed by atoms with Crippen molar-refractivity contribution in [3.05, 3.63) is 41.1 Å². The fraction of sp³-hybridized carbons (Fsp3) is 0.182. The molecule has 14 heavy (non-hydrogen) atoms. The molecule has 0 saturated heterocycles. The molecule has 0 aromatic heterocycles. The zero-order valence-corrected chi connectivity index (χ0v) is 8.37. The summed E-state index contributed by atoms with van der Waals surface area (Å²) in [6.07, 6.45) is 3.62. The fourth-order valence-corrected chi connectivity index (χ4v) is 1.63. The lowest BCUT2D eigenvalue weighted by molar-refractivity contribution is -0.105. The second-order valence-corrected chi connectivity index (χ2v) is 3.68. The average molecular weight is 208 g/mol. The van der Waals surface area contributed by atoms with Gasteiger partial charge in [-0.3, -0.25) is 4.79 Å². The van der Waals surface area contributed by atoms with Crippen molar-refractivity contribution in [2.75, 3.05) is 11.4 Å². The molecule has 1 heterocycles. The van der Waals surface area contributed by atoms with Crippen molar-refractivity contribution in [2.45, 2.75) is 6.42 Å². The number of benzene rings is 1. The van der Waals surface area contributed by atoms with Crippen LogP contribution in [0.1, 0.15) is 6.42 Å². The van der Waals surface area contributed by atoms with Gasteiger partial charge in [-0.25, -0.2) is 0 Å². The fourth-order valence-electron chi connectivity index (χ4n) is 1.50. The molecule has 1 aliphatic heterocycles. The Morgan fingerprint density at radius 2 is 2.00 bits per heavy atom. The third kappa shape index (κ3) is 1.80. The van der Waals surface area contributed by atoms with Crippen LogP contribution < -0.4 is 4.90 Å². The van der Waals surface area contributed by atoms with Gasteiger partial charge in [0.05, 0.1) is 0 Å². The van der Waals surface area contributed by atoms with Gasteiger partial charge in [-0.2, -0.15) is 0 Å². The number of carbonyl (C=O) groups is 1. The zero-order valence-electron chi connectivity index (χ0n) is 7.61. The topological polar surface area (TPSA) is 20.3 Å². The molecule has 0 unspecified atom stereocenters. The Labute approximate surface area is 87.8 Å². The van der Waals surface area contributed by atoms with Crippen LogP contribution in [-0.2, 0) is 4.79 Å². The van der Waals surface area contributed by atoms with Gasteiger partial charge in [0.25, 0.3) is 0 Å². The molecule has 0 saturated carbocycles. The van der Waals surface area contributed by atoms with Gasteiger partial charge in [-0.05, 0) is 30.7 Å². The monoisotopic (exact) mass is 207 g/mol. The van der Waals surface area contributed by atoms with Crippen LogP contribution in [0.2, 0.25) is 5.02 Å². The average Bonchev–Trinajstić information content (AvgIpc) is 2.67. The summed E-state index contributed by atoms with van der Waals surface area (Å²) in [5.74, 6) is 0. The highest BCUT2D eigenvalue weighted by Crippen LogP contribution is 2.23. The van der Waals surface area contributed by atoms with E-state index in [1.54, 1.807) is 0 Å². The third-order valence-corrected chi connectivity index (χ3v) is 2.52. The van der Waals surface area contributed by atoms with Crippen LogP contribution in [0.3, 0.4) is 0 Å². The normalized spacial score (nSPS) is 15.5. The quantitative estimate of drug-likeness (QED) is 0.695. The van der Waals surface area contributed by atoms with Crippen LogP contribution in [0.25, 0.3) is 0 Å². The summed E-state index contributed by atoms with van der Waals surface area (Å²) in [6.45, 7) is 0.871. The Morgan fingerprint density at radius 3 is 2.57 bits per heavy atom. The predicted octanol–water partition coefficient (Wildman–Crippen LogP) is 2.63. The van der Waals surface area contributed by atoms with Crippen LogP contribution in [0, 0.1) is 0 Å². The molecule has 0 fully saturated rings. The Bertz CT molecular complexity index is 369. The standard InChI is InChI=1S/C11H10ClNO/c12-10-1-3-11(4-2-10)13-6-5-9(7-13)8-14/h1-4,7-8H,5-6H2. The minimum absolute atomic E-state index is 0.729. The molecule has 0 aliphatic carbocycles. The van der Waals surface area contributed by atoms with Gasteiger partial charge in [-0.15, -0.1) is 0 Å². The van der Waals surface area contributed by atoms with E-state index in [4.69, 9.17) is 11.6 Å². The van der Waals surface area contributed by atoms with Gasteiger partial charge in [0.1, 0.15) is 6.29 Å². The van der Waals surface area contributed by atoms with Crippen molar-refractivity contribution >= 4 is 23.6 Å². The minimum atomic E-state index is 0.729. The second kappa shape index (κ2) is 3.84. The van der Waals surface area contributed by atoms with Crippen LogP contribution in [0.15, 0.2) is 36.0 Å². The zero-order chi connectivity index (χ0) is 9.97. The van der Waals surface area contributed by atoms with Crippen LogP contribution in [-0.4, -0.2) is 12.8 Å². The first-order valence-corrected chi connectivity index (χ1v) is 4.85. The van der Waals surface area contributed by atoms with Crippen molar-refractivity contribution in [1.29, 1.82) is 0 Å². The number of rotatable bonds is 2. The van der Waals surface area contributed by atoms with E-state index in [9.17, 15) is 4.79 Å². The summed E-state index contributed by atoms with van der Waals surface area (Å²) in [6, 6.07) is 7.60. The third-order valence-electron chi connectivity index (χ3n) is 2.27. The number of carbonyl (C=O) groups excluding carboxylic acids is 1. The Morgan fingerprint density at radius 1 is 1.29 bits per heavy atom. The van der Waals surface area contributed by atoms with Gasteiger partial charge >= 0.3 is 0 Å². The van der Waals surface area contributed by atoms with E-state index in [1.807, 2.05) is 30.5 Å². The molecular weight excluding hydrogens is 198 g/mol. The van der Waals surface area contributed by atoms with Crippen molar-refractivity contribution in [3.63, 3.8) is 0 Å². The molecule has 1 aliphatic rings. The number of hydrogen-bond acceptors (Lipinski definition) is 2. The number of anilines is 1. The van der Waals surface area contributed by atoms with Gasteiger partial charge in [0.2, 0.25) is 0 Å². The maximum Gasteiger partial charge on any atom is 0.147 e. The van der Waals surface area contributed by atoms with Crippen LogP contribution in [0.5, 0.6) is 0 Å².